The van der Waals surface area contributed by atoms with E-state index in [0.29, 0.717) is 21.9 Å². The number of fused-ring (bicyclic) bond motifs is 1. The molecule has 0 bridgehead atoms. The molecule has 1 N–H and O–H groups in total. The highest BCUT2D eigenvalue weighted by atomic mass is 35.5. The van der Waals surface area contributed by atoms with Crippen LogP contribution in [0.15, 0.2) is 35.4 Å². The average Bonchev–Trinajstić information content (AvgIpc) is 2.87. The second-order valence-electron chi connectivity index (χ2n) is 4.17. The molecule has 3 rings (SSSR count). The molecule has 0 aliphatic heterocycles. The lowest BCUT2D eigenvalue weighted by Crippen LogP contribution is -2.14. The van der Waals surface area contributed by atoms with E-state index >= 15 is 0 Å². The largest absolute Gasteiger partial charge is 0.290 e. The minimum Gasteiger partial charge on any atom is -0.290 e. The van der Waals surface area contributed by atoms with Crippen LogP contribution in [0.4, 0.5) is 0 Å². The molecule has 0 aliphatic carbocycles. The van der Waals surface area contributed by atoms with E-state index in [-0.39, 0.29) is 5.56 Å². The molecule has 3 aromatic rings. The average molecular weight is 275 g/mol. The highest BCUT2D eigenvalue weighted by Gasteiger charge is 2.09. The molecule has 1 aromatic carbocycles. The maximum Gasteiger partial charge on any atom is 0.261 e. The number of rotatable bonds is 2. The summed E-state index contributed by atoms with van der Waals surface area (Å²) in [6.45, 7) is 2.04. The summed E-state index contributed by atoms with van der Waals surface area (Å²) in [6.07, 6.45) is 4.47. The van der Waals surface area contributed by atoms with E-state index in [4.69, 9.17) is 11.6 Å². The lowest BCUT2D eigenvalue weighted by molar-refractivity contribution is 0.809. The van der Waals surface area contributed by atoms with Crippen LogP contribution in [0.25, 0.3) is 16.9 Å². The smallest absolute Gasteiger partial charge is 0.261 e. The number of benzene rings is 1. The fourth-order valence-corrected chi connectivity index (χ4v) is 2.16. The van der Waals surface area contributed by atoms with Crippen molar-refractivity contribution >= 4 is 22.5 Å². The number of aromatic nitrogens is 4. The lowest BCUT2D eigenvalue weighted by Gasteiger charge is -2.03. The molecule has 2 heterocycles. The van der Waals surface area contributed by atoms with Crippen LogP contribution in [-0.2, 0) is 6.42 Å². The molecule has 5 nitrogen and oxygen atoms in total. The zero-order valence-electron chi connectivity index (χ0n) is 10.2. The Morgan fingerprint density at radius 1 is 1.42 bits per heavy atom. The minimum atomic E-state index is -0.265. The van der Waals surface area contributed by atoms with Crippen molar-refractivity contribution in [3.8, 4) is 5.95 Å². The number of nitrogens with one attached hydrogen (secondary N) is 1. The molecule has 0 fully saturated rings. The maximum atomic E-state index is 12.0. The number of hydrogen-bond acceptors (Lipinski definition) is 3. The van der Waals surface area contributed by atoms with Gasteiger partial charge in [-0.15, -0.1) is 0 Å². The molecule has 0 saturated carbocycles. The Kier molecular flexibility index (Phi) is 2.83. The summed E-state index contributed by atoms with van der Waals surface area (Å²) in [5.41, 5.74) is 1.37. The van der Waals surface area contributed by atoms with E-state index in [2.05, 4.69) is 15.1 Å². The molecule has 0 radical (unpaired) electrons. The molecule has 0 aliphatic rings. The van der Waals surface area contributed by atoms with Gasteiger partial charge in [0.1, 0.15) is 0 Å². The summed E-state index contributed by atoms with van der Waals surface area (Å²) in [7, 11) is 0. The molecule has 0 spiro atoms. The molecule has 0 saturated heterocycles. The van der Waals surface area contributed by atoms with Crippen LogP contribution < -0.4 is 5.56 Å². The number of halogens is 1. The van der Waals surface area contributed by atoms with Crippen molar-refractivity contribution in [1.29, 1.82) is 0 Å². The molecule has 2 aromatic heterocycles. The third kappa shape index (κ3) is 2.02. The number of aryl methyl sites for hydroxylation is 1. The van der Waals surface area contributed by atoms with Gasteiger partial charge < -0.3 is 0 Å². The molecule has 96 valence electrons. The monoisotopic (exact) mass is 274 g/mol. The predicted molar refractivity (Wildman–Crippen MR) is 73.9 cm³/mol. The standard InChI is InChI=1S/C13H11ClN4O/c1-2-8-6-15-18(7-8)13-16-10-5-3-4-9(14)11(10)12(19)17-13/h3-7H,2H2,1H3,(H,16,17,19). The van der Waals surface area contributed by atoms with Gasteiger partial charge >= 0.3 is 0 Å². The van der Waals surface area contributed by atoms with Crippen LogP contribution in [0.5, 0.6) is 0 Å². The number of H-pyrrole nitrogens is 1. The summed E-state index contributed by atoms with van der Waals surface area (Å²) in [5, 5.41) is 4.97. The van der Waals surface area contributed by atoms with Crippen molar-refractivity contribution < 1.29 is 0 Å². The fourth-order valence-electron chi connectivity index (χ4n) is 1.90. The number of nitrogens with zero attached hydrogens (tertiary/aromatic N) is 3. The number of hydrogen-bond donors (Lipinski definition) is 1. The second kappa shape index (κ2) is 4.51. The van der Waals surface area contributed by atoms with Crippen molar-refractivity contribution in [2.45, 2.75) is 13.3 Å². The molecule has 6 heteroatoms. The Labute approximate surface area is 113 Å². The van der Waals surface area contributed by atoms with Gasteiger partial charge in [-0.2, -0.15) is 5.10 Å². The Balaban J connectivity index is 2.24. The molecular weight excluding hydrogens is 264 g/mol. The van der Waals surface area contributed by atoms with Crippen LogP contribution in [0.3, 0.4) is 0 Å². The molecule has 0 amide bonds. The topological polar surface area (TPSA) is 63.6 Å². The third-order valence-corrected chi connectivity index (χ3v) is 3.25. The van der Waals surface area contributed by atoms with Gasteiger partial charge in [0.25, 0.3) is 5.56 Å². The van der Waals surface area contributed by atoms with E-state index in [9.17, 15) is 4.79 Å². The molecule has 19 heavy (non-hydrogen) atoms. The zero-order chi connectivity index (χ0) is 13.4. The van der Waals surface area contributed by atoms with Crippen molar-refractivity contribution in [2.75, 3.05) is 0 Å². The summed E-state index contributed by atoms with van der Waals surface area (Å²) in [6, 6.07) is 5.19. The van der Waals surface area contributed by atoms with E-state index < -0.39 is 0 Å². The minimum absolute atomic E-state index is 0.265. The Morgan fingerprint density at radius 3 is 3.00 bits per heavy atom. The first kappa shape index (κ1) is 11.9. The second-order valence-corrected chi connectivity index (χ2v) is 4.58. The van der Waals surface area contributed by atoms with Crippen molar-refractivity contribution in [3.05, 3.63) is 51.5 Å². The number of aromatic amines is 1. The van der Waals surface area contributed by atoms with Crippen molar-refractivity contribution in [3.63, 3.8) is 0 Å². The third-order valence-electron chi connectivity index (χ3n) is 2.93. The van der Waals surface area contributed by atoms with Crippen LogP contribution in [0.1, 0.15) is 12.5 Å². The Bertz CT molecular complexity index is 806. The van der Waals surface area contributed by atoms with Gasteiger partial charge in [-0.05, 0) is 24.1 Å². The highest BCUT2D eigenvalue weighted by Crippen LogP contribution is 2.18. The predicted octanol–water partition coefficient (Wildman–Crippen LogP) is 2.32. The lowest BCUT2D eigenvalue weighted by atomic mass is 10.2. The normalized spacial score (nSPS) is 11.1. The summed E-state index contributed by atoms with van der Waals surface area (Å²) >= 11 is 6.00. The summed E-state index contributed by atoms with van der Waals surface area (Å²) < 4.78 is 1.56. The van der Waals surface area contributed by atoms with Gasteiger partial charge in [0.05, 0.1) is 22.1 Å². The van der Waals surface area contributed by atoms with Crippen LogP contribution in [0, 0.1) is 0 Å². The fraction of sp³-hybridized carbons (Fsp3) is 0.154. The molecule has 0 unspecified atom stereocenters. The van der Waals surface area contributed by atoms with E-state index in [1.165, 1.54) is 0 Å². The zero-order valence-corrected chi connectivity index (χ0v) is 11.0. The molecule has 0 atom stereocenters. The maximum absolute atomic E-state index is 12.0. The molecular formula is C13H11ClN4O. The van der Waals surface area contributed by atoms with E-state index in [1.54, 1.807) is 29.1 Å². The quantitative estimate of drug-likeness (QED) is 0.780. The summed E-state index contributed by atoms with van der Waals surface area (Å²) in [4.78, 5) is 19.1. The van der Waals surface area contributed by atoms with Crippen LogP contribution in [0.2, 0.25) is 5.02 Å². The van der Waals surface area contributed by atoms with Crippen molar-refractivity contribution in [1.82, 2.24) is 19.7 Å². The SMILES string of the molecule is CCc1cnn(-c2nc3cccc(Cl)c3c(=O)[nH]2)c1. The van der Waals surface area contributed by atoms with Gasteiger partial charge in [0.15, 0.2) is 0 Å². The highest BCUT2D eigenvalue weighted by molar-refractivity contribution is 6.35. The first-order chi connectivity index (χ1) is 9.19. The Morgan fingerprint density at radius 2 is 2.26 bits per heavy atom. The van der Waals surface area contributed by atoms with Gasteiger partial charge in [0.2, 0.25) is 5.95 Å². The van der Waals surface area contributed by atoms with E-state index in [0.717, 1.165) is 12.0 Å². The van der Waals surface area contributed by atoms with Gasteiger partial charge in [0, 0.05) is 6.20 Å². The van der Waals surface area contributed by atoms with Crippen molar-refractivity contribution in [2.24, 2.45) is 0 Å². The van der Waals surface area contributed by atoms with Crippen LogP contribution >= 0.6 is 11.6 Å². The first-order valence-corrected chi connectivity index (χ1v) is 6.29. The van der Waals surface area contributed by atoms with Crippen LogP contribution in [-0.4, -0.2) is 19.7 Å². The first-order valence-electron chi connectivity index (χ1n) is 5.91. The van der Waals surface area contributed by atoms with Gasteiger partial charge in [-0.3, -0.25) is 9.78 Å². The van der Waals surface area contributed by atoms with E-state index in [1.807, 2.05) is 13.1 Å². The van der Waals surface area contributed by atoms with Gasteiger partial charge in [-0.25, -0.2) is 9.67 Å². The Hall–Kier alpha value is -2.14. The summed E-state index contributed by atoms with van der Waals surface area (Å²) in [5.74, 6) is 0.388. The van der Waals surface area contributed by atoms with Gasteiger partial charge in [-0.1, -0.05) is 24.6 Å².